The van der Waals surface area contributed by atoms with Crippen LogP contribution in [0.5, 0.6) is 0 Å². The molecule has 0 aromatic heterocycles. The second-order valence-corrected chi connectivity index (χ2v) is 5.64. The Labute approximate surface area is 115 Å². The Morgan fingerprint density at radius 3 is 2.63 bits per heavy atom. The van der Waals surface area contributed by atoms with Gasteiger partial charge >= 0.3 is 0 Å². The fraction of sp³-hybridized carbons (Fsp3) is 0.562. The molecule has 0 radical (unpaired) electrons. The second-order valence-electron chi connectivity index (χ2n) is 5.64. The predicted molar refractivity (Wildman–Crippen MR) is 78.8 cm³/mol. The van der Waals surface area contributed by atoms with Crippen LogP contribution in [0.1, 0.15) is 39.2 Å². The van der Waals surface area contributed by atoms with Crippen molar-refractivity contribution in [3.8, 4) is 0 Å². The summed E-state index contributed by atoms with van der Waals surface area (Å²) in [6.07, 6.45) is 1.91. The largest absolute Gasteiger partial charge is 0.476 e. The molecule has 1 saturated heterocycles. The zero-order valence-corrected chi connectivity index (χ0v) is 12.1. The van der Waals surface area contributed by atoms with Crippen molar-refractivity contribution in [2.45, 2.75) is 51.2 Å². The van der Waals surface area contributed by atoms with E-state index in [0.717, 1.165) is 19.4 Å². The monoisotopic (exact) mass is 260 g/mol. The third-order valence-corrected chi connectivity index (χ3v) is 3.98. The molecule has 1 aliphatic rings. The Morgan fingerprint density at radius 2 is 2.05 bits per heavy atom. The number of ether oxygens (including phenoxy) is 1. The molecular weight excluding hydrogens is 236 g/mol. The van der Waals surface area contributed by atoms with Crippen LogP contribution in [-0.4, -0.2) is 24.6 Å². The van der Waals surface area contributed by atoms with E-state index >= 15 is 0 Å². The van der Waals surface area contributed by atoms with Crippen LogP contribution in [0.25, 0.3) is 0 Å². The molecule has 0 saturated carbocycles. The molecule has 1 aliphatic heterocycles. The van der Waals surface area contributed by atoms with Crippen LogP contribution < -0.4 is 5.32 Å². The van der Waals surface area contributed by atoms with Crippen molar-refractivity contribution >= 4 is 5.90 Å². The molecule has 1 aromatic rings. The van der Waals surface area contributed by atoms with E-state index in [-0.39, 0.29) is 11.5 Å². The zero-order chi connectivity index (χ0) is 13.9. The smallest absolute Gasteiger partial charge is 0.191 e. The van der Waals surface area contributed by atoms with Gasteiger partial charge in [-0.15, -0.1) is 0 Å². The average molecular weight is 260 g/mol. The molecule has 2 N–H and O–H groups in total. The minimum Gasteiger partial charge on any atom is -0.476 e. The third kappa shape index (κ3) is 2.81. The van der Waals surface area contributed by atoms with Crippen LogP contribution in [-0.2, 0) is 10.2 Å². The summed E-state index contributed by atoms with van der Waals surface area (Å²) in [5.74, 6) is 0.428. The van der Waals surface area contributed by atoms with Gasteiger partial charge in [0.15, 0.2) is 5.90 Å². The van der Waals surface area contributed by atoms with Crippen LogP contribution in [0.2, 0.25) is 0 Å². The van der Waals surface area contributed by atoms with Gasteiger partial charge in [-0.1, -0.05) is 51.1 Å². The summed E-state index contributed by atoms with van der Waals surface area (Å²) in [5.41, 5.74) is 0.972. The first-order valence-corrected chi connectivity index (χ1v) is 7.13. The van der Waals surface area contributed by atoms with Crippen LogP contribution >= 0.6 is 0 Å². The summed E-state index contributed by atoms with van der Waals surface area (Å²) < 4.78 is 5.79. The molecule has 1 aromatic carbocycles. The van der Waals surface area contributed by atoms with Crippen molar-refractivity contribution in [1.82, 2.24) is 5.32 Å². The van der Waals surface area contributed by atoms with E-state index in [1.54, 1.807) is 0 Å². The van der Waals surface area contributed by atoms with Crippen molar-refractivity contribution in [1.29, 1.82) is 5.41 Å². The molecule has 0 bridgehead atoms. The van der Waals surface area contributed by atoms with Crippen LogP contribution in [0, 0.1) is 5.41 Å². The highest BCUT2D eigenvalue weighted by Crippen LogP contribution is 2.40. The van der Waals surface area contributed by atoms with Crippen molar-refractivity contribution in [2.75, 3.05) is 6.54 Å². The maximum atomic E-state index is 8.26. The van der Waals surface area contributed by atoms with Crippen molar-refractivity contribution in [3.63, 3.8) is 0 Å². The number of hydrogen-bond donors (Lipinski definition) is 2. The Kier molecular flexibility index (Phi) is 4.25. The number of rotatable bonds is 5. The highest BCUT2D eigenvalue weighted by atomic mass is 16.5. The first kappa shape index (κ1) is 14.1. The van der Waals surface area contributed by atoms with Gasteiger partial charge in [0, 0.05) is 19.0 Å². The molecule has 3 heteroatoms. The quantitative estimate of drug-likeness (QED) is 0.854. The molecule has 2 rings (SSSR count). The normalized spacial score (nSPS) is 26.7. The number of benzene rings is 1. The van der Waals surface area contributed by atoms with E-state index in [0.29, 0.717) is 11.9 Å². The molecule has 2 atom stereocenters. The fourth-order valence-electron chi connectivity index (χ4n) is 2.80. The summed E-state index contributed by atoms with van der Waals surface area (Å²) in [6, 6.07) is 10.8. The van der Waals surface area contributed by atoms with Crippen LogP contribution in [0.3, 0.4) is 0 Å². The van der Waals surface area contributed by atoms with E-state index in [4.69, 9.17) is 10.1 Å². The maximum Gasteiger partial charge on any atom is 0.191 e. The third-order valence-electron chi connectivity index (χ3n) is 3.98. The minimum atomic E-state index is -0.232. The van der Waals surface area contributed by atoms with Gasteiger partial charge in [-0.2, -0.15) is 0 Å². The topological polar surface area (TPSA) is 45.1 Å². The number of hydrogen-bond acceptors (Lipinski definition) is 3. The maximum absolute atomic E-state index is 8.26. The first-order valence-electron chi connectivity index (χ1n) is 7.13. The zero-order valence-electron chi connectivity index (χ0n) is 12.1. The molecule has 104 valence electrons. The standard InChI is InChI=1S/C16H24N2O/c1-4-16(13-8-6-5-7-9-13)10-14(19-15(16)17)11-18-12(2)3/h5-9,12,14,17-18H,4,10-11H2,1-3H3. The molecule has 2 unspecified atom stereocenters. The SMILES string of the molecule is CCC1(c2ccccc2)CC(CNC(C)C)OC1=N. The summed E-state index contributed by atoms with van der Waals surface area (Å²) in [7, 11) is 0. The van der Waals surface area contributed by atoms with E-state index in [9.17, 15) is 0 Å². The Balaban J connectivity index is 2.16. The van der Waals surface area contributed by atoms with Crippen molar-refractivity contribution in [2.24, 2.45) is 0 Å². The Hall–Kier alpha value is -1.35. The van der Waals surface area contributed by atoms with Gasteiger partial charge in [-0.05, 0) is 12.0 Å². The molecular formula is C16H24N2O. The van der Waals surface area contributed by atoms with E-state index < -0.39 is 0 Å². The lowest BCUT2D eigenvalue weighted by Crippen LogP contribution is -2.33. The highest BCUT2D eigenvalue weighted by Gasteiger charge is 2.45. The minimum absolute atomic E-state index is 0.107. The summed E-state index contributed by atoms with van der Waals surface area (Å²) in [6.45, 7) is 7.22. The summed E-state index contributed by atoms with van der Waals surface area (Å²) >= 11 is 0. The highest BCUT2D eigenvalue weighted by molar-refractivity contribution is 5.87. The molecule has 1 heterocycles. The van der Waals surface area contributed by atoms with Gasteiger partial charge in [0.2, 0.25) is 0 Å². The lowest BCUT2D eigenvalue weighted by atomic mass is 9.75. The Bertz CT molecular complexity index is 430. The molecule has 0 spiro atoms. The van der Waals surface area contributed by atoms with Crippen molar-refractivity contribution < 1.29 is 4.74 Å². The summed E-state index contributed by atoms with van der Waals surface area (Å²) in [4.78, 5) is 0. The van der Waals surface area contributed by atoms with Gasteiger partial charge in [0.25, 0.3) is 0 Å². The van der Waals surface area contributed by atoms with Gasteiger partial charge in [-0.25, -0.2) is 0 Å². The van der Waals surface area contributed by atoms with Crippen LogP contribution in [0.15, 0.2) is 30.3 Å². The van der Waals surface area contributed by atoms with E-state index in [1.165, 1.54) is 5.56 Å². The fourth-order valence-corrected chi connectivity index (χ4v) is 2.80. The van der Waals surface area contributed by atoms with E-state index in [2.05, 4.69) is 38.2 Å². The van der Waals surface area contributed by atoms with Gasteiger partial charge < -0.3 is 10.1 Å². The van der Waals surface area contributed by atoms with Gasteiger partial charge in [0.05, 0.1) is 5.41 Å². The molecule has 1 fully saturated rings. The van der Waals surface area contributed by atoms with Gasteiger partial charge in [-0.3, -0.25) is 5.41 Å². The molecule has 19 heavy (non-hydrogen) atoms. The Morgan fingerprint density at radius 1 is 1.37 bits per heavy atom. The number of nitrogens with one attached hydrogen (secondary N) is 2. The van der Waals surface area contributed by atoms with Gasteiger partial charge in [0.1, 0.15) is 6.10 Å². The molecule has 0 aliphatic carbocycles. The average Bonchev–Trinajstić information content (AvgIpc) is 2.75. The van der Waals surface area contributed by atoms with Crippen LogP contribution in [0.4, 0.5) is 0 Å². The van der Waals surface area contributed by atoms with Crippen molar-refractivity contribution in [3.05, 3.63) is 35.9 Å². The lowest BCUT2D eigenvalue weighted by Gasteiger charge is -2.25. The van der Waals surface area contributed by atoms with E-state index in [1.807, 2.05) is 18.2 Å². The first-order chi connectivity index (χ1) is 9.08. The molecule has 3 nitrogen and oxygen atoms in total. The second kappa shape index (κ2) is 5.74. The predicted octanol–water partition coefficient (Wildman–Crippen LogP) is 3.10. The summed E-state index contributed by atoms with van der Waals surface area (Å²) in [5, 5.41) is 11.7. The molecule has 0 amide bonds. The lowest BCUT2D eigenvalue weighted by molar-refractivity contribution is 0.207.